The fraction of sp³-hybridized carbons (Fsp3) is 0.857. The first-order valence-corrected chi connectivity index (χ1v) is 7.10. The smallest absolute Gasteiger partial charge is 0.326 e. The van der Waals surface area contributed by atoms with Gasteiger partial charge in [-0.15, -0.1) is 0 Å². The molecule has 1 saturated carbocycles. The zero-order chi connectivity index (χ0) is 14.6. The van der Waals surface area contributed by atoms with Crippen molar-refractivity contribution in [2.75, 3.05) is 7.05 Å². The van der Waals surface area contributed by atoms with Gasteiger partial charge in [0.05, 0.1) is 0 Å². The van der Waals surface area contributed by atoms with Crippen LogP contribution >= 0.6 is 0 Å². The fourth-order valence-corrected chi connectivity index (χ4v) is 2.77. The first kappa shape index (κ1) is 15.8. The Kier molecular flexibility index (Phi) is 5.63. The molecular weight excluding hydrogens is 244 g/mol. The Morgan fingerprint density at radius 3 is 2.32 bits per heavy atom. The van der Waals surface area contributed by atoms with E-state index in [1.165, 1.54) is 6.42 Å². The lowest BCUT2D eigenvalue weighted by atomic mass is 9.85. The molecule has 2 unspecified atom stereocenters. The van der Waals surface area contributed by atoms with Crippen molar-refractivity contribution in [1.82, 2.24) is 10.2 Å². The van der Waals surface area contributed by atoms with Crippen LogP contribution in [0.1, 0.15) is 46.5 Å². The summed E-state index contributed by atoms with van der Waals surface area (Å²) in [5.74, 6) is -0.626. The molecule has 0 spiro atoms. The van der Waals surface area contributed by atoms with Crippen molar-refractivity contribution in [3.8, 4) is 0 Å². The third kappa shape index (κ3) is 4.11. The SMILES string of the molecule is CC1CCCCC1N(C)C(=O)N[C@@H](C(=O)O)C(C)C. The van der Waals surface area contributed by atoms with E-state index in [2.05, 4.69) is 12.2 Å². The summed E-state index contributed by atoms with van der Waals surface area (Å²) >= 11 is 0. The predicted molar refractivity (Wildman–Crippen MR) is 74.0 cm³/mol. The maximum Gasteiger partial charge on any atom is 0.326 e. The van der Waals surface area contributed by atoms with Crippen LogP contribution in [-0.4, -0.2) is 41.1 Å². The molecule has 1 rings (SSSR count). The Bertz CT molecular complexity index is 331. The van der Waals surface area contributed by atoms with Gasteiger partial charge < -0.3 is 15.3 Å². The van der Waals surface area contributed by atoms with E-state index in [0.717, 1.165) is 19.3 Å². The number of hydrogen-bond acceptors (Lipinski definition) is 2. The number of amides is 2. The minimum atomic E-state index is -0.978. The number of urea groups is 1. The Labute approximate surface area is 115 Å². The fourth-order valence-electron chi connectivity index (χ4n) is 2.77. The molecule has 0 saturated heterocycles. The van der Waals surface area contributed by atoms with Crippen LogP contribution in [0, 0.1) is 11.8 Å². The quantitative estimate of drug-likeness (QED) is 0.823. The molecule has 0 bridgehead atoms. The highest BCUT2D eigenvalue weighted by Crippen LogP contribution is 2.27. The zero-order valence-corrected chi connectivity index (χ0v) is 12.3. The first-order valence-electron chi connectivity index (χ1n) is 7.10. The van der Waals surface area contributed by atoms with Crippen LogP contribution in [-0.2, 0) is 4.79 Å². The summed E-state index contributed by atoms with van der Waals surface area (Å²) in [5.41, 5.74) is 0. The normalized spacial score (nSPS) is 24.9. The molecule has 0 aliphatic heterocycles. The van der Waals surface area contributed by atoms with Gasteiger partial charge >= 0.3 is 12.0 Å². The standard InChI is InChI=1S/C14H26N2O3/c1-9(2)12(13(17)18)15-14(19)16(4)11-8-6-5-7-10(11)3/h9-12H,5-8H2,1-4H3,(H,15,19)(H,17,18)/t10?,11?,12-/m1/s1. The van der Waals surface area contributed by atoms with Crippen LogP contribution in [0.4, 0.5) is 4.79 Å². The van der Waals surface area contributed by atoms with E-state index < -0.39 is 12.0 Å². The van der Waals surface area contributed by atoms with Crippen molar-refractivity contribution in [3.63, 3.8) is 0 Å². The van der Waals surface area contributed by atoms with E-state index in [1.807, 2.05) is 0 Å². The molecule has 0 radical (unpaired) electrons. The summed E-state index contributed by atoms with van der Waals surface area (Å²) in [7, 11) is 1.76. The lowest BCUT2D eigenvalue weighted by Crippen LogP contribution is -2.53. The van der Waals surface area contributed by atoms with Crippen LogP contribution < -0.4 is 5.32 Å². The monoisotopic (exact) mass is 270 g/mol. The van der Waals surface area contributed by atoms with Gasteiger partial charge in [0.1, 0.15) is 6.04 Å². The number of nitrogens with one attached hydrogen (secondary N) is 1. The third-order valence-corrected chi connectivity index (χ3v) is 4.10. The van der Waals surface area contributed by atoms with E-state index in [4.69, 9.17) is 5.11 Å². The Balaban J connectivity index is 2.63. The number of carbonyl (C=O) groups excluding carboxylic acids is 1. The van der Waals surface area contributed by atoms with Crippen molar-refractivity contribution >= 4 is 12.0 Å². The van der Waals surface area contributed by atoms with Gasteiger partial charge in [-0.2, -0.15) is 0 Å². The molecule has 1 fully saturated rings. The largest absolute Gasteiger partial charge is 0.480 e. The second-order valence-corrected chi connectivity index (χ2v) is 5.95. The van der Waals surface area contributed by atoms with E-state index in [9.17, 15) is 9.59 Å². The summed E-state index contributed by atoms with van der Waals surface area (Å²) in [5, 5.41) is 11.7. The highest BCUT2D eigenvalue weighted by Gasteiger charge is 2.30. The van der Waals surface area contributed by atoms with Crippen LogP contribution in [0.5, 0.6) is 0 Å². The Morgan fingerprint density at radius 2 is 1.84 bits per heavy atom. The minimum absolute atomic E-state index is 0.126. The van der Waals surface area contributed by atoms with Gasteiger partial charge in [-0.3, -0.25) is 0 Å². The van der Waals surface area contributed by atoms with Gasteiger partial charge in [0.15, 0.2) is 0 Å². The number of carbonyl (C=O) groups is 2. The predicted octanol–water partition coefficient (Wildman–Crippen LogP) is 2.32. The lowest BCUT2D eigenvalue weighted by Gasteiger charge is -2.37. The Hall–Kier alpha value is -1.26. The topological polar surface area (TPSA) is 69.6 Å². The molecule has 1 aliphatic rings. The van der Waals surface area contributed by atoms with Gasteiger partial charge in [-0.25, -0.2) is 9.59 Å². The molecular formula is C14H26N2O3. The summed E-state index contributed by atoms with van der Waals surface area (Å²) in [6, 6.07) is -0.885. The van der Waals surface area contributed by atoms with Crippen LogP contribution in [0.15, 0.2) is 0 Å². The molecule has 2 amide bonds. The average molecular weight is 270 g/mol. The van der Waals surface area contributed by atoms with Gasteiger partial charge in [-0.1, -0.05) is 33.6 Å². The molecule has 0 heterocycles. The Morgan fingerprint density at radius 1 is 1.26 bits per heavy atom. The molecule has 5 heteroatoms. The van der Waals surface area contributed by atoms with Gasteiger partial charge in [0, 0.05) is 13.1 Å². The van der Waals surface area contributed by atoms with E-state index in [-0.39, 0.29) is 18.0 Å². The summed E-state index contributed by atoms with van der Waals surface area (Å²) < 4.78 is 0. The van der Waals surface area contributed by atoms with Crippen molar-refractivity contribution < 1.29 is 14.7 Å². The molecule has 0 aromatic carbocycles. The van der Waals surface area contributed by atoms with Gasteiger partial charge in [-0.05, 0) is 24.7 Å². The second-order valence-electron chi connectivity index (χ2n) is 5.95. The van der Waals surface area contributed by atoms with Crippen LogP contribution in [0.3, 0.4) is 0 Å². The van der Waals surface area contributed by atoms with E-state index in [1.54, 1.807) is 25.8 Å². The van der Waals surface area contributed by atoms with Crippen molar-refractivity contribution in [2.45, 2.75) is 58.5 Å². The van der Waals surface area contributed by atoms with Crippen molar-refractivity contribution in [1.29, 1.82) is 0 Å². The number of carboxylic acids is 1. The molecule has 0 aromatic heterocycles. The molecule has 0 aromatic rings. The first-order chi connectivity index (χ1) is 8.84. The summed E-state index contributed by atoms with van der Waals surface area (Å²) in [6.45, 7) is 5.75. The van der Waals surface area contributed by atoms with Crippen molar-refractivity contribution in [3.05, 3.63) is 0 Å². The average Bonchev–Trinajstić information content (AvgIpc) is 2.34. The lowest BCUT2D eigenvalue weighted by molar-refractivity contribution is -0.140. The van der Waals surface area contributed by atoms with Crippen LogP contribution in [0.25, 0.3) is 0 Å². The second kappa shape index (κ2) is 6.78. The summed E-state index contributed by atoms with van der Waals surface area (Å²) in [4.78, 5) is 24.9. The van der Waals surface area contributed by atoms with Crippen LogP contribution in [0.2, 0.25) is 0 Å². The third-order valence-electron chi connectivity index (χ3n) is 4.10. The number of carboxylic acid groups (broad SMARTS) is 1. The molecule has 19 heavy (non-hydrogen) atoms. The molecule has 5 nitrogen and oxygen atoms in total. The number of aliphatic carboxylic acids is 1. The highest BCUT2D eigenvalue weighted by atomic mass is 16.4. The number of hydrogen-bond donors (Lipinski definition) is 2. The number of nitrogens with zero attached hydrogens (tertiary/aromatic N) is 1. The number of rotatable bonds is 4. The maximum atomic E-state index is 12.2. The van der Waals surface area contributed by atoms with E-state index in [0.29, 0.717) is 5.92 Å². The molecule has 1 aliphatic carbocycles. The summed E-state index contributed by atoms with van der Waals surface area (Å²) in [6.07, 6.45) is 4.50. The maximum absolute atomic E-state index is 12.2. The van der Waals surface area contributed by atoms with Gasteiger partial charge in [0.2, 0.25) is 0 Å². The zero-order valence-electron chi connectivity index (χ0n) is 12.3. The highest BCUT2D eigenvalue weighted by molar-refractivity contribution is 5.82. The van der Waals surface area contributed by atoms with Gasteiger partial charge in [0.25, 0.3) is 0 Å². The minimum Gasteiger partial charge on any atom is -0.480 e. The van der Waals surface area contributed by atoms with Crippen molar-refractivity contribution in [2.24, 2.45) is 11.8 Å². The molecule has 110 valence electrons. The van der Waals surface area contributed by atoms with E-state index >= 15 is 0 Å². The molecule has 2 N–H and O–H groups in total. The molecule has 3 atom stereocenters.